The Hall–Kier alpha value is -1.28. The molecule has 0 bridgehead atoms. The molecule has 0 fully saturated rings. The van der Waals surface area contributed by atoms with Crippen LogP contribution in [0.25, 0.3) is 21.8 Å². The van der Waals surface area contributed by atoms with Gasteiger partial charge >= 0.3 is 0 Å². The van der Waals surface area contributed by atoms with Crippen LogP contribution in [-0.2, 0) is 6.42 Å². The number of aryl methyl sites for hydroxylation is 1. The zero-order valence-corrected chi connectivity index (χ0v) is 13.5. The van der Waals surface area contributed by atoms with Gasteiger partial charge in [0.2, 0.25) is 0 Å². The van der Waals surface area contributed by atoms with E-state index >= 15 is 0 Å². The summed E-state index contributed by atoms with van der Waals surface area (Å²) in [6.45, 7) is 2.26. The van der Waals surface area contributed by atoms with E-state index in [-0.39, 0.29) is 0 Å². The molecular weight excluding hydrogens is 310 g/mol. The SMILES string of the molecule is CCCCCCc1ccc2[nH]c3cc(Br)ccc3c2c1. The lowest BCUT2D eigenvalue weighted by Crippen LogP contribution is -1.85. The van der Waals surface area contributed by atoms with E-state index in [0.29, 0.717) is 0 Å². The van der Waals surface area contributed by atoms with Crippen LogP contribution < -0.4 is 0 Å². The van der Waals surface area contributed by atoms with E-state index in [2.05, 4.69) is 64.2 Å². The van der Waals surface area contributed by atoms with Crippen molar-refractivity contribution in [2.24, 2.45) is 0 Å². The van der Waals surface area contributed by atoms with Gasteiger partial charge in [-0.05, 0) is 42.7 Å². The Balaban J connectivity index is 1.91. The molecule has 20 heavy (non-hydrogen) atoms. The van der Waals surface area contributed by atoms with Gasteiger partial charge in [-0.1, -0.05) is 54.2 Å². The van der Waals surface area contributed by atoms with E-state index in [1.165, 1.54) is 59.5 Å². The van der Waals surface area contributed by atoms with Crippen LogP contribution in [-0.4, -0.2) is 4.98 Å². The lowest BCUT2D eigenvalue weighted by atomic mass is 10.0. The van der Waals surface area contributed by atoms with Crippen molar-refractivity contribution in [1.82, 2.24) is 4.98 Å². The Kier molecular flexibility index (Phi) is 4.11. The molecule has 0 radical (unpaired) electrons. The monoisotopic (exact) mass is 329 g/mol. The number of benzene rings is 2. The molecule has 3 rings (SSSR count). The lowest BCUT2D eigenvalue weighted by molar-refractivity contribution is 0.667. The molecule has 104 valence electrons. The first-order chi connectivity index (χ1) is 9.78. The molecule has 0 aliphatic heterocycles. The van der Waals surface area contributed by atoms with Crippen molar-refractivity contribution < 1.29 is 0 Å². The van der Waals surface area contributed by atoms with Crippen molar-refractivity contribution >= 4 is 37.7 Å². The fraction of sp³-hybridized carbons (Fsp3) is 0.333. The van der Waals surface area contributed by atoms with E-state index in [4.69, 9.17) is 0 Å². The predicted octanol–water partition coefficient (Wildman–Crippen LogP) is 6.21. The number of aromatic nitrogens is 1. The second kappa shape index (κ2) is 6.01. The Morgan fingerprint density at radius 3 is 2.65 bits per heavy atom. The van der Waals surface area contributed by atoms with Gasteiger partial charge < -0.3 is 4.98 Å². The second-order valence-electron chi connectivity index (χ2n) is 5.51. The molecule has 0 atom stereocenters. The van der Waals surface area contributed by atoms with Crippen LogP contribution in [0.2, 0.25) is 0 Å². The van der Waals surface area contributed by atoms with Gasteiger partial charge in [-0.3, -0.25) is 0 Å². The normalized spacial score (nSPS) is 11.5. The van der Waals surface area contributed by atoms with Crippen LogP contribution in [0.15, 0.2) is 40.9 Å². The molecular formula is C18H20BrN. The van der Waals surface area contributed by atoms with Gasteiger partial charge in [0.05, 0.1) is 0 Å². The molecule has 2 heteroatoms. The van der Waals surface area contributed by atoms with Gasteiger partial charge in [-0.25, -0.2) is 0 Å². The summed E-state index contributed by atoms with van der Waals surface area (Å²) < 4.78 is 1.12. The molecule has 0 aliphatic carbocycles. The highest BCUT2D eigenvalue weighted by atomic mass is 79.9. The molecule has 0 spiro atoms. The van der Waals surface area contributed by atoms with Gasteiger partial charge in [0.1, 0.15) is 0 Å². The topological polar surface area (TPSA) is 15.8 Å². The minimum atomic E-state index is 1.12. The fourth-order valence-corrected chi connectivity index (χ4v) is 3.20. The van der Waals surface area contributed by atoms with E-state index in [1.54, 1.807) is 0 Å². The summed E-state index contributed by atoms with van der Waals surface area (Å²) in [6, 6.07) is 13.3. The minimum absolute atomic E-state index is 1.12. The third-order valence-electron chi connectivity index (χ3n) is 3.94. The minimum Gasteiger partial charge on any atom is -0.354 e. The molecule has 1 aromatic heterocycles. The van der Waals surface area contributed by atoms with E-state index in [0.717, 1.165) is 4.47 Å². The maximum atomic E-state index is 3.53. The predicted molar refractivity (Wildman–Crippen MR) is 91.4 cm³/mol. The van der Waals surface area contributed by atoms with Gasteiger partial charge in [-0.2, -0.15) is 0 Å². The summed E-state index contributed by atoms with van der Waals surface area (Å²) in [4.78, 5) is 3.49. The Morgan fingerprint density at radius 1 is 0.900 bits per heavy atom. The van der Waals surface area contributed by atoms with Crippen LogP contribution in [0, 0.1) is 0 Å². The second-order valence-corrected chi connectivity index (χ2v) is 6.42. The standard InChI is InChI=1S/C18H20BrN/c1-2-3-4-5-6-13-7-10-17-16(11-13)15-9-8-14(19)12-18(15)20-17/h7-12,20H,2-6H2,1H3. The zero-order chi connectivity index (χ0) is 13.9. The number of aromatic amines is 1. The largest absolute Gasteiger partial charge is 0.354 e. The van der Waals surface area contributed by atoms with E-state index in [1.807, 2.05) is 0 Å². The Bertz CT molecular complexity index is 727. The number of hydrogen-bond acceptors (Lipinski definition) is 0. The van der Waals surface area contributed by atoms with Crippen LogP contribution in [0.3, 0.4) is 0 Å². The lowest BCUT2D eigenvalue weighted by Gasteiger charge is -2.02. The number of H-pyrrole nitrogens is 1. The Morgan fingerprint density at radius 2 is 1.80 bits per heavy atom. The molecule has 0 amide bonds. The quantitative estimate of drug-likeness (QED) is 0.536. The average molecular weight is 330 g/mol. The summed E-state index contributed by atoms with van der Waals surface area (Å²) in [5, 5.41) is 2.67. The fourth-order valence-electron chi connectivity index (χ4n) is 2.83. The van der Waals surface area contributed by atoms with Crippen molar-refractivity contribution in [2.75, 3.05) is 0 Å². The molecule has 0 aliphatic rings. The summed E-state index contributed by atoms with van der Waals surface area (Å²) in [6.07, 6.45) is 6.49. The average Bonchev–Trinajstić information content (AvgIpc) is 2.80. The summed E-state index contributed by atoms with van der Waals surface area (Å²) in [5.41, 5.74) is 3.89. The molecule has 0 unspecified atom stereocenters. The number of rotatable bonds is 5. The molecule has 0 saturated heterocycles. The van der Waals surface area contributed by atoms with Crippen LogP contribution in [0.5, 0.6) is 0 Å². The van der Waals surface area contributed by atoms with Gasteiger partial charge in [-0.15, -0.1) is 0 Å². The summed E-state index contributed by atoms with van der Waals surface area (Å²) in [5.74, 6) is 0. The number of fused-ring (bicyclic) bond motifs is 3. The van der Waals surface area contributed by atoms with Gasteiger partial charge in [0.15, 0.2) is 0 Å². The summed E-state index contributed by atoms with van der Waals surface area (Å²) >= 11 is 3.53. The van der Waals surface area contributed by atoms with Crippen molar-refractivity contribution in [3.8, 4) is 0 Å². The summed E-state index contributed by atoms with van der Waals surface area (Å²) in [7, 11) is 0. The first-order valence-corrected chi connectivity index (χ1v) is 8.27. The molecule has 2 aromatic carbocycles. The van der Waals surface area contributed by atoms with E-state index in [9.17, 15) is 0 Å². The van der Waals surface area contributed by atoms with Crippen molar-refractivity contribution in [1.29, 1.82) is 0 Å². The van der Waals surface area contributed by atoms with Crippen LogP contribution in [0.1, 0.15) is 38.2 Å². The van der Waals surface area contributed by atoms with Crippen LogP contribution >= 0.6 is 15.9 Å². The van der Waals surface area contributed by atoms with Crippen molar-refractivity contribution in [3.05, 3.63) is 46.4 Å². The third-order valence-corrected chi connectivity index (χ3v) is 4.44. The van der Waals surface area contributed by atoms with Gasteiger partial charge in [0.25, 0.3) is 0 Å². The molecule has 3 aromatic rings. The van der Waals surface area contributed by atoms with E-state index < -0.39 is 0 Å². The number of halogens is 1. The first-order valence-electron chi connectivity index (χ1n) is 7.48. The molecule has 0 saturated carbocycles. The van der Waals surface area contributed by atoms with Crippen LogP contribution in [0.4, 0.5) is 0 Å². The maximum absolute atomic E-state index is 3.53. The highest BCUT2D eigenvalue weighted by Crippen LogP contribution is 2.28. The van der Waals surface area contributed by atoms with Gasteiger partial charge in [0, 0.05) is 26.3 Å². The Labute approximate surface area is 128 Å². The maximum Gasteiger partial charge on any atom is 0.0476 e. The smallest absolute Gasteiger partial charge is 0.0476 e. The zero-order valence-electron chi connectivity index (χ0n) is 11.9. The number of nitrogens with one attached hydrogen (secondary N) is 1. The van der Waals surface area contributed by atoms with Crippen molar-refractivity contribution in [3.63, 3.8) is 0 Å². The number of unbranched alkanes of at least 4 members (excludes halogenated alkanes) is 3. The highest BCUT2D eigenvalue weighted by molar-refractivity contribution is 9.10. The molecule has 1 heterocycles. The highest BCUT2D eigenvalue weighted by Gasteiger charge is 2.05. The molecule has 1 N–H and O–H groups in total. The molecule has 1 nitrogen and oxygen atoms in total. The third kappa shape index (κ3) is 2.76. The number of hydrogen-bond donors (Lipinski definition) is 1. The van der Waals surface area contributed by atoms with Crippen molar-refractivity contribution in [2.45, 2.75) is 39.0 Å². The first kappa shape index (κ1) is 13.7.